The summed E-state index contributed by atoms with van der Waals surface area (Å²) in [6.45, 7) is 16.5. The van der Waals surface area contributed by atoms with Gasteiger partial charge in [-0.2, -0.15) is 0 Å². The zero-order chi connectivity index (χ0) is 18.1. The van der Waals surface area contributed by atoms with E-state index in [-0.39, 0.29) is 0 Å². The van der Waals surface area contributed by atoms with Gasteiger partial charge in [0.15, 0.2) is 0 Å². The summed E-state index contributed by atoms with van der Waals surface area (Å²) in [5.74, 6) is 1.37. The van der Waals surface area contributed by atoms with Crippen LogP contribution in [0.4, 0.5) is 0 Å². The molecule has 1 rings (SSSR count). The molecule has 0 saturated heterocycles. The van der Waals surface area contributed by atoms with Gasteiger partial charge in [-0.1, -0.05) is 73.8 Å². The maximum absolute atomic E-state index is 2.57. The Morgan fingerprint density at radius 1 is 0.750 bits per heavy atom. The van der Waals surface area contributed by atoms with Gasteiger partial charge in [0.1, 0.15) is 0 Å². The van der Waals surface area contributed by atoms with Crippen molar-refractivity contribution in [2.24, 2.45) is 5.92 Å². The fraction of sp³-hybridized carbons (Fsp3) is 0.750. The number of benzene rings is 1. The van der Waals surface area contributed by atoms with Gasteiger partial charge in [-0.25, -0.2) is 0 Å². The van der Waals surface area contributed by atoms with Crippen molar-refractivity contribution in [3.05, 3.63) is 33.9 Å². The SMILES string of the molecule is CCCCCc1c(CC)cc(C(C)C)c(CC(C)C)c1CCCC. The Kier molecular flexibility index (Phi) is 9.71. The van der Waals surface area contributed by atoms with Gasteiger partial charge in [0.2, 0.25) is 0 Å². The normalized spacial score (nSPS) is 11.7. The first-order valence-electron chi connectivity index (χ1n) is 10.6. The van der Waals surface area contributed by atoms with E-state index >= 15 is 0 Å². The quantitative estimate of drug-likeness (QED) is 0.365. The maximum atomic E-state index is 2.57. The van der Waals surface area contributed by atoms with Crippen molar-refractivity contribution in [3.63, 3.8) is 0 Å². The molecule has 0 aromatic heterocycles. The van der Waals surface area contributed by atoms with Gasteiger partial charge in [-0.05, 0) is 78.2 Å². The topological polar surface area (TPSA) is 0 Å². The summed E-state index contributed by atoms with van der Waals surface area (Å²) < 4.78 is 0. The second-order valence-electron chi connectivity index (χ2n) is 8.23. The summed E-state index contributed by atoms with van der Waals surface area (Å²) in [7, 11) is 0. The molecule has 0 saturated carbocycles. The highest BCUT2D eigenvalue weighted by Crippen LogP contribution is 2.33. The Balaban J connectivity index is 3.44. The minimum Gasteiger partial charge on any atom is -0.0654 e. The molecule has 0 aliphatic heterocycles. The molecule has 1 aromatic rings. The second-order valence-corrected chi connectivity index (χ2v) is 8.23. The molecule has 0 heterocycles. The smallest absolute Gasteiger partial charge is 0.0216 e. The molecule has 0 radical (unpaired) electrons. The highest BCUT2D eigenvalue weighted by atomic mass is 14.2. The molecule has 0 nitrogen and oxygen atoms in total. The number of hydrogen-bond donors (Lipinski definition) is 0. The monoisotopic (exact) mass is 330 g/mol. The molecule has 0 fully saturated rings. The standard InChI is InChI=1S/C24H42/c1-8-11-13-15-21-20(10-3)17-23(19(6)7)24(16-18(4)5)22(21)14-12-9-2/h17-19H,8-16H2,1-7H3. The van der Waals surface area contributed by atoms with Crippen molar-refractivity contribution < 1.29 is 0 Å². The summed E-state index contributed by atoms with van der Waals surface area (Å²) >= 11 is 0. The van der Waals surface area contributed by atoms with E-state index in [1.807, 2.05) is 0 Å². The molecule has 24 heavy (non-hydrogen) atoms. The van der Waals surface area contributed by atoms with E-state index in [2.05, 4.69) is 54.5 Å². The van der Waals surface area contributed by atoms with Crippen molar-refractivity contribution in [2.45, 2.75) is 112 Å². The molecular weight excluding hydrogens is 288 g/mol. The van der Waals surface area contributed by atoms with Gasteiger partial charge in [-0.15, -0.1) is 0 Å². The Labute approximate surface area is 152 Å². The predicted molar refractivity (Wildman–Crippen MR) is 110 cm³/mol. The lowest BCUT2D eigenvalue weighted by molar-refractivity contribution is 0.625. The van der Waals surface area contributed by atoms with Crippen LogP contribution in [0.1, 0.15) is 114 Å². The lowest BCUT2D eigenvalue weighted by Gasteiger charge is -2.25. The van der Waals surface area contributed by atoms with Crippen LogP contribution < -0.4 is 0 Å². The number of aryl methyl sites for hydroxylation is 1. The molecule has 0 unspecified atom stereocenters. The van der Waals surface area contributed by atoms with Gasteiger partial charge in [0.25, 0.3) is 0 Å². The minimum absolute atomic E-state index is 0.633. The van der Waals surface area contributed by atoms with Gasteiger partial charge < -0.3 is 0 Å². The third-order valence-electron chi connectivity index (χ3n) is 5.22. The summed E-state index contributed by atoms with van der Waals surface area (Å²) in [6, 6.07) is 2.57. The third kappa shape index (κ3) is 5.94. The maximum Gasteiger partial charge on any atom is -0.0216 e. The molecule has 0 aliphatic carbocycles. The van der Waals surface area contributed by atoms with E-state index in [0.29, 0.717) is 5.92 Å². The second kappa shape index (κ2) is 11.0. The van der Waals surface area contributed by atoms with Crippen molar-refractivity contribution in [3.8, 4) is 0 Å². The zero-order valence-corrected chi connectivity index (χ0v) is 17.6. The molecule has 0 atom stereocenters. The van der Waals surface area contributed by atoms with Crippen LogP contribution in [0.25, 0.3) is 0 Å². The van der Waals surface area contributed by atoms with Crippen LogP contribution in [0.15, 0.2) is 6.07 Å². The van der Waals surface area contributed by atoms with Gasteiger partial charge >= 0.3 is 0 Å². The number of rotatable bonds is 11. The summed E-state index contributed by atoms with van der Waals surface area (Å²) in [5, 5.41) is 0. The molecule has 0 spiro atoms. The van der Waals surface area contributed by atoms with Gasteiger partial charge in [-0.3, -0.25) is 0 Å². The molecular formula is C24H42. The predicted octanol–water partition coefficient (Wildman–Crippen LogP) is 7.65. The Morgan fingerprint density at radius 2 is 1.38 bits per heavy atom. The summed E-state index contributed by atoms with van der Waals surface area (Å²) in [6.07, 6.45) is 11.7. The molecule has 0 heteroatoms. The van der Waals surface area contributed by atoms with Crippen molar-refractivity contribution >= 4 is 0 Å². The van der Waals surface area contributed by atoms with Crippen molar-refractivity contribution in [1.29, 1.82) is 0 Å². The van der Waals surface area contributed by atoms with Crippen LogP contribution >= 0.6 is 0 Å². The highest BCUT2D eigenvalue weighted by Gasteiger charge is 2.19. The lowest BCUT2D eigenvalue weighted by atomic mass is 9.80. The Bertz CT molecular complexity index is 479. The fourth-order valence-corrected chi connectivity index (χ4v) is 3.91. The molecule has 0 aliphatic rings. The molecule has 1 aromatic carbocycles. The first kappa shape index (κ1) is 21.3. The summed E-state index contributed by atoms with van der Waals surface area (Å²) in [4.78, 5) is 0. The first-order valence-corrected chi connectivity index (χ1v) is 10.6. The van der Waals surface area contributed by atoms with Crippen LogP contribution in [0.3, 0.4) is 0 Å². The van der Waals surface area contributed by atoms with Crippen LogP contribution in [0, 0.1) is 5.92 Å². The number of hydrogen-bond acceptors (Lipinski definition) is 0. The molecule has 0 amide bonds. The third-order valence-corrected chi connectivity index (χ3v) is 5.22. The van der Waals surface area contributed by atoms with Crippen LogP contribution in [-0.4, -0.2) is 0 Å². The molecule has 138 valence electrons. The van der Waals surface area contributed by atoms with Gasteiger partial charge in [0, 0.05) is 0 Å². The van der Waals surface area contributed by atoms with E-state index in [1.54, 1.807) is 27.8 Å². The lowest BCUT2D eigenvalue weighted by Crippen LogP contribution is -2.12. The van der Waals surface area contributed by atoms with Crippen molar-refractivity contribution in [1.82, 2.24) is 0 Å². The van der Waals surface area contributed by atoms with E-state index in [4.69, 9.17) is 0 Å². The molecule has 0 N–H and O–H groups in total. The minimum atomic E-state index is 0.633. The summed E-state index contributed by atoms with van der Waals surface area (Å²) in [5.41, 5.74) is 8.43. The van der Waals surface area contributed by atoms with Crippen LogP contribution in [0.2, 0.25) is 0 Å². The van der Waals surface area contributed by atoms with E-state index < -0.39 is 0 Å². The average Bonchev–Trinajstić information content (AvgIpc) is 2.53. The van der Waals surface area contributed by atoms with Crippen LogP contribution in [-0.2, 0) is 25.7 Å². The van der Waals surface area contributed by atoms with E-state index in [1.165, 1.54) is 57.8 Å². The zero-order valence-electron chi connectivity index (χ0n) is 17.6. The van der Waals surface area contributed by atoms with Crippen LogP contribution in [0.5, 0.6) is 0 Å². The Hall–Kier alpha value is -0.780. The van der Waals surface area contributed by atoms with E-state index in [9.17, 15) is 0 Å². The van der Waals surface area contributed by atoms with E-state index in [0.717, 1.165) is 5.92 Å². The highest BCUT2D eigenvalue weighted by molar-refractivity contribution is 5.48. The fourth-order valence-electron chi connectivity index (χ4n) is 3.91. The number of unbranched alkanes of at least 4 members (excludes halogenated alkanes) is 3. The average molecular weight is 331 g/mol. The largest absolute Gasteiger partial charge is 0.0654 e. The van der Waals surface area contributed by atoms with Crippen molar-refractivity contribution in [2.75, 3.05) is 0 Å². The Morgan fingerprint density at radius 3 is 1.88 bits per heavy atom. The first-order chi connectivity index (χ1) is 11.5. The molecule has 0 bridgehead atoms. The van der Waals surface area contributed by atoms with Gasteiger partial charge in [0.05, 0.1) is 0 Å².